The van der Waals surface area contributed by atoms with E-state index >= 15 is 0 Å². The molecule has 1 aromatic rings. The molecule has 100 valence electrons. The fraction of sp³-hybridized carbons (Fsp3) is 0.600. The molecule has 8 heteroatoms. The topological polar surface area (TPSA) is 125 Å². The molecule has 4 atom stereocenters. The molecular formula is C10H14N2O6. The van der Waals surface area contributed by atoms with E-state index in [9.17, 15) is 19.8 Å². The number of ether oxygens (including phenoxy) is 1. The van der Waals surface area contributed by atoms with Gasteiger partial charge in [-0.3, -0.25) is 14.3 Å². The molecule has 1 aliphatic heterocycles. The number of nitrogens with one attached hydrogen (secondary N) is 1. The average molecular weight is 258 g/mol. The molecule has 1 unspecified atom stereocenters. The number of H-pyrrole nitrogens is 1. The van der Waals surface area contributed by atoms with E-state index in [4.69, 9.17) is 9.84 Å². The number of hydrogen-bond donors (Lipinski definition) is 4. The van der Waals surface area contributed by atoms with Crippen molar-refractivity contribution in [1.82, 2.24) is 9.55 Å². The number of hydrogen-bond acceptors (Lipinski definition) is 6. The number of rotatable bonds is 2. The van der Waals surface area contributed by atoms with Crippen LogP contribution in [0.1, 0.15) is 11.8 Å². The second-order valence-electron chi connectivity index (χ2n) is 4.21. The SMILES string of the molecule is Cc1cn([C@@H]2O[C@H](CO)C(O)[C@@H]2O)c(=O)[nH]c1=O. The number of aryl methyl sites for hydroxylation is 1. The van der Waals surface area contributed by atoms with Gasteiger partial charge in [-0.2, -0.15) is 0 Å². The molecule has 0 amide bonds. The predicted octanol–water partition coefficient (Wildman–Crippen LogP) is -2.54. The van der Waals surface area contributed by atoms with Crippen molar-refractivity contribution in [2.75, 3.05) is 6.61 Å². The molecule has 2 heterocycles. The van der Waals surface area contributed by atoms with Crippen molar-refractivity contribution in [2.24, 2.45) is 0 Å². The highest BCUT2D eigenvalue weighted by Crippen LogP contribution is 2.27. The Labute approximate surface area is 101 Å². The van der Waals surface area contributed by atoms with Gasteiger partial charge < -0.3 is 20.1 Å². The van der Waals surface area contributed by atoms with Gasteiger partial charge in [-0.25, -0.2) is 4.79 Å². The van der Waals surface area contributed by atoms with E-state index in [2.05, 4.69) is 4.98 Å². The Morgan fingerprint density at radius 1 is 1.39 bits per heavy atom. The van der Waals surface area contributed by atoms with Crippen LogP contribution in [0.3, 0.4) is 0 Å². The molecule has 18 heavy (non-hydrogen) atoms. The molecule has 4 N–H and O–H groups in total. The summed E-state index contributed by atoms with van der Waals surface area (Å²) in [7, 11) is 0. The average Bonchev–Trinajstić information content (AvgIpc) is 2.61. The van der Waals surface area contributed by atoms with Crippen LogP contribution in [0.25, 0.3) is 0 Å². The highest BCUT2D eigenvalue weighted by Gasteiger charge is 2.43. The third-order valence-corrected chi connectivity index (χ3v) is 2.94. The van der Waals surface area contributed by atoms with Crippen LogP contribution in [-0.4, -0.2) is 49.8 Å². The van der Waals surface area contributed by atoms with E-state index in [1.165, 1.54) is 13.1 Å². The van der Waals surface area contributed by atoms with E-state index in [0.717, 1.165) is 4.57 Å². The monoisotopic (exact) mass is 258 g/mol. The molecule has 1 aromatic heterocycles. The lowest BCUT2D eigenvalue weighted by atomic mass is 10.1. The van der Waals surface area contributed by atoms with Crippen LogP contribution in [-0.2, 0) is 4.74 Å². The Morgan fingerprint density at radius 2 is 2.06 bits per heavy atom. The van der Waals surface area contributed by atoms with Crippen LogP contribution < -0.4 is 11.2 Å². The van der Waals surface area contributed by atoms with Crippen molar-refractivity contribution in [3.63, 3.8) is 0 Å². The van der Waals surface area contributed by atoms with Gasteiger partial charge in [-0.15, -0.1) is 0 Å². The summed E-state index contributed by atoms with van der Waals surface area (Å²) in [5.74, 6) is 0. The fourth-order valence-electron chi connectivity index (χ4n) is 1.88. The van der Waals surface area contributed by atoms with E-state index in [1.807, 2.05) is 0 Å². The first kappa shape index (κ1) is 13.0. The lowest BCUT2D eigenvalue weighted by Crippen LogP contribution is -2.38. The minimum absolute atomic E-state index is 0.271. The van der Waals surface area contributed by atoms with E-state index in [1.54, 1.807) is 0 Å². The third-order valence-electron chi connectivity index (χ3n) is 2.94. The maximum Gasteiger partial charge on any atom is 0.330 e. The molecule has 0 bridgehead atoms. The molecule has 0 radical (unpaired) electrons. The zero-order valence-corrected chi connectivity index (χ0v) is 9.61. The van der Waals surface area contributed by atoms with Crippen LogP contribution in [0.2, 0.25) is 0 Å². The summed E-state index contributed by atoms with van der Waals surface area (Å²) >= 11 is 0. The lowest BCUT2D eigenvalue weighted by Gasteiger charge is -2.17. The maximum atomic E-state index is 11.6. The van der Waals surface area contributed by atoms with Gasteiger partial charge in [0.25, 0.3) is 5.56 Å². The van der Waals surface area contributed by atoms with E-state index in [0.29, 0.717) is 0 Å². The van der Waals surface area contributed by atoms with Gasteiger partial charge in [0.2, 0.25) is 0 Å². The number of aliphatic hydroxyl groups is 3. The molecule has 0 aromatic carbocycles. The first-order valence-electron chi connectivity index (χ1n) is 5.40. The van der Waals surface area contributed by atoms with Crippen LogP contribution in [0.4, 0.5) is 0 Å². The number of aliphatic hydroxyl groups excluding tert-OH is 3. The largest absolute Gasteiger partial charge is 0.394 e. The van der Waals surface area contributed by atoms with Gasteiger partial charge in [0.1, 0.15) is 18.3 Å². The summed E-state index contributed by atoms with van der Waals surface area (Å²) in [5, 5.41) is 28.3. The summed E-state index contributed by atoms with van der Waals surface area (Å²) in [4.78, 5) is 24.9. The summed E-state index contributed by atoms with van der Waals surface area (Å²) in [6.07, 6.45) is -3.52. The highest BCUT2D eigenvalue weighted by atomic mass is 16.6. The van der Waals surface area contributed by atoms with Crippen LogP contribution in [0, 0.1) is 6.92 Å². The molecule has 1 fully saturated rings. The van der Waals surface area contributed by atoms with Crippen molar-refractivity contribution >= 4 is 0 Å². The van der Waals surface area contributed by atoms with Crippen LogP contribution in [0.5, 0.6) is 0 Å². The molecule has 1 aliphatic rings. The molecule has 2 rings (SSSR count). The summed E-state index contributed by atoms with van der Waals surface area (Å²) in [6.45, 7) is 1.02. The van der Waals surface area contributed by atoms with Crippen LogP contribution in [0.15, 0.2) is 15.8 Å². The standard InChI is InChI=1S/C10H14N2O6/c1-4-2-12(10(17)11-8(4)16)9-7(15)6(14)5(3-13)18-9/h2,5-7,9,13-15H,3H2,1H3,(H,11,16,17)/t5-,6?,7+,9-/m1/s1. The Morgan fingerprint density at radius 3 is 2.61 bits per heavy atom. The third kappa shape index (κ3) is 1.99. The Hall–Kier alpha value is -1.48. The minimum Gasteiger partial charge on any atom is -0.394 e. The molecular weight excluding hydrogens is 244 g/mol. The quantitative estimate of drug-likeness (QED) is 0.463. The lowest BCUT2D eigenvalue weighted by molar-refractivity contribution is -0.0551. The molecule has 0 saturated carbocycles. The molecule has 1 saturated heterocycles. The van der Waals surface area contributed by atoms with Gasteiger partial charge >= 0.3 is 5.69 Å². The van der Waals surface area contributed by atoms with Gasteiger partial charge in [0.05, 0.1) is 6.61 Å². The Balaban J connectivity index is 2.42. The van der Waals surface area contributed by atoms with Gasteiger partial charge in [0, 0.05) is 11.8 Å². The Bertz CT molecular complexity index is 550. The number of aromatic nitrogens is 2. The summed E-state index contributed by atoms with van der Waals surface area (Å²) in [6, 6.07) is 0. The number of nitrogens with zero attached hydrogens (tertiary/aromatic N) is 1. The molecule has 0 spiro atoms. The second kappa shape index (κ2) is 4.65. The van der Waals surface area contributed by atoms with Crippen molar-refractivity contribution in [3.8, 4) is 0 Å². The summed E-state index contributed by atoms with van der Waals surface area (Å²) in [5.41, 5.74) is -1.00. The van der Waals surface area contributed by atoms with Gasteiger partial charge in [0.15, 0.2) is 6.23 Å². The van der Waals surface area contributed by atoms with Gasteiger partial charge in [-0.05, 0) is 6.92 Å². The molecule has 0 aliphatic carbocycles. The van der Waals surface area contributed by atoms with Gasteiger partial charge in [-0.1, -0.05) is 0 Å². The van der Waals surface area contributed by atoms with Crippen molar-refractivity contribution in [1.29, 1.82) is 0 Å². The summed E-state index contributed by atoms with van der Waals surface area (Å²) < 4.78 is 6.17. The van der Waals surface area contributed by atoms with E-state index in [-0.39, 0.29) is 5.56 Å². The fourth-order valence-corrected chi connectivity index (χ4v) is 1.88. The first-order valence-corrected chi connectivity index (χ1v) is 5.40. The second-order valence-corrected chi connectivity index (χ2v) is 4.21. The zero-order valence-electron chi connectivity index (χ0n) is 9.61. The van der Waals surface area contributed by atoms with Crippen molar-refractivity contribution < 1.29 is 20.1 Å². The minimum atomic E-state index is -1.36. The Kier molecular flexibility index (Phi) is 3.35. The first-order chi connectivity index (χ1) is 8.45. The number of aromatic amines is 1. The zero-order chi connectivity index (χ0) is 13.4. The maximum absolute atomic E-state index is 11.6. The predicted molar refractivity (Wildman–Crippen MR) is 59.1 cm³/mol. The smallest absolute Gasteiger partial charge is 0.330 e. The normalized spacial score (nSPS) is 31.8. The van der Waals surface area contributed by atoms with Crippen LogP contribution >= 0.6 is 0 Å². The van der Waals surface area contributed by atoms with Crippen molar-refractivity contribution in [3.05, 3.63) is 32.6 Å². The van der Waals surface area contributed by atoms with E-state index < -0.39 is 42.4 Å². The van der Waals surface area contributed by atoms with Crippen molar-refractivity contribution in [2.45, 2.75) is 31.5 Å². The molecule has 8 nitrogen and oxygen atoms in total. The highest BCUT2D eigenvalue weighted by molar-refractivity contribution is 5.03.